The van der Waals surface area contributed by atoms with Crippen LogP contribution in [0.5, 0.6) is 0 Å². The largest absolute Gasteiger partial charge is 0.383 e. The predicted molar refractivity (Wildman–Crippen MR) is 68.2 cm³/mol. The topological polar surface area (TPSA) is 53.1 Å². The van der Waals surface area contributed by atoms with Crippen LogP contribution in [0.15, 0.2) is 10.7 Å². The molecule has 1 unspecified atom stereocenters. The van der Waals surface area contributed by atoms with Crippen LogP contribution in [-0.2, 0) is 11.3 Å². The molecule has 0 fully saturated rings. The SMILES string of the molecule is COCCn1ncc(Br)c1C(N)CC(C)C. The van der Waals surface area contributed by atoms with Crippen molar-refractivity contribution in [3.63, 3.8) is 0 Å². The van der Waals surface area contributed by atoms with Crippen molar-refractivity contribution in [3.05, 3.63) is 16.4 Å². The van der Waals surface area contributed by atoms with Gasteiger partial charge in [-0.1, -0.05) is 13.8 Å². The summed E-state index contributed by atoms with van der Waals surface area (Å²) in [6.45, 7) is 5.73. The Morgan fingerprint density at radius 1 is 1.56 bits per heavy atom. The number of hydrogen-bond donors (Lipinski definition) is 1. The van der Waals surface area contributed by atoms with E-state index in [0.29, 0.717) is 12.5 Å². The lowest BCUT2D eigenvalue weighted by atomic mass is 10.0. The van der Waals surface area contributed by atoms with E-state index in [1.165, 1.54) is 0 Å². The van der Waals surface area contributed by atoms with Gasteiger partial charge in [-0.3, -0.25) is 4.68 Å². The summed E-state index contributed by atoms with van der Waals surface area (Å²) in [5.41, 5.74) is 7.24. The highest BCUT2D eigenvalue weighted by Gasteiger charge is 2.17. The first-order chi connectivity index (χ1) is 7.56. The summed E-state index contributed by atoms with van der Waals surface area (Å²) < 4.78 is 7.95. The van der Waals surface area contributed by atoms with Crippen molar-refractivity contribution in [2.24, 2.45) is 11.7 Å². The molecule has 16 heavy (non-hydrogen) atoms. The number of halogens is 1. The van der Waals surface area contributed by atoms with Crippen LogP contribution < -0.4 is 5.73 Å². The summed E-state index contributed by atoms with van der Waals surface area (Å²) in [4.78, 5) is 0. The van der Waals surface area contributed by atoms with E-state index in [1.807, 2.05) is 4.68 Å². The molecule has 1 aromatic heterocycles. The van der Waals surface area contributed by atoms with Gasteiger partial charge in [0.2, 0.25) is 0 Å². The molecule has 92 valence electrons. The van der Waals surface area contributed by atoms with E-state index in [2.05, 4.69) is 34.9 Å². The molecule has 0 spiro atoms. The van der Waals surface area contributed by atoms with Crippen molar-refractivity contribution < 1.29 is 4.74 Å². The molecule has 0 aliphatic rings. The molecule has 0 aromatic carbocycles. The fraction of sp³-hybridized carbons (Fsp3) is 0.727. The Morgan fingerprint density at radius 3 is 2.81 bits per heavy atom. The first-order valence-corrected chi connectivity index (χ1v) is 6.31. The lowest BCUT2D eigenvalue weighted by Crippen LogP contribution is -2.20. The monoisotopic (exact) mass is 289 g/mol. The smallest absolute Gasteiger partial charge is 0.0694 e. The van der Waals surface area contributed by atoms with E-state index in [9.17, 15) is 0 Å². The fourth-order valence-electron chi connectivity index (χ4n) is 1.72. The number of nitrogens with two attached hydrogens (primary N) is 1. The molecular formula is C11H20BrN3O. The maximum atomic E-state index is 6.18. The molecule has 0 saturated carbocycles. The molecule has 1 rings (SSSR count). The van der Waals surface area contributed by atoms with Crippen LogP contribution in [0.1, 0.15) is 32.0 Å². The van der Waals surface area contributed by atoms with Crippen molar-refractivity contribution >= 4 is 15.9 Å². The summed E-state index contributed by atoms with van der Waals surface area (Å²) in [7, 11) is 1.69. The van der Waals surface area contributed by atoms with Gasteiger partial charge in [0.15, 0.2) is 0 Å². The van der Waals surface area contributed by atoms with Gasteiger partial charge in [-0.2, -0.15) is 5.10 Å². The zero-order chi connectivity index (χ0) is 12.1. The Balaban J connectivity index is 2.79. The Kier molecular flexibility index (Phi) is 5.44. The van der Waals surface area contributed by atoms with Crippen LogP contribution in [0, 0.1) is 5.92 Å². The Labute approximate surface area is 105 Å². The third kappa shape index (κ3) is 3.57. The van der Waals surface area contributed by atoms with E-state index in [-0.39, 0.29) is 6.04 Å². The Hall–Kier alpha value is -0.390. The molecule has 0 radical (unpaired) electrons. The van der Waals surface area contributed by atoms with Crippen molar-refractivity contribution in [2.45, 2.75) is 32.9 Å². The standard InChI is InChI=1S/C11H20BrN3O/c1-8(2)6-10(13)11-9(12)7-14-15(11)4-5-16-3/h7-8,10H,4-6,13H2,1-3H3. The number of aromatic nitrogens is 2. The van der Waals surface area contributed by atoms with E-state index in [4.69, 9.17) is 10.5 Å². The molecule has 0 saturated heterocycles. The molecule has 1 heterocycles. The average molecular weight is 290 g/mol. The van der Waals surface area contributed by atoms with E-state index < -0.39 is 0 Å². The Morgan fingerprint density at radius 2 is 2.25 bits per heavy atom. The van der Waals surface area contributed by atoms with Crippen LogP contribution in [0.2, 0.25) is 0 Å². The van der Waals surface area contributed by atoms with E-state index in [1.54, 1.807) is 13.3 Å². The molecule has 0 aliphatic carbocycles. The molecule has 2 N–H and O–H groups in total. The minimum Gasteiger partial charge on any atom is -0.383 e. The predicted octanol–water partition coefficient (Wildman–Crippen LogP) is 2.34. The molecule has 1 atom stereocenters. The molecule has 5 heteroatoms. The summed E-state index contributed by atoms with van der Waals surface area (Å²) >= 11 is 3.50. The number of nitrogens with zero attached hydrogens (tertiary/aromatic N) is 2. The number of hydrogen-bond acceptors (Lipinski definition) is 3. The average Bonchev–Trinajstić information content (AvgIpc) is 2.55. The van der Waals surface area contributed by atoms with Gasteiger partial charge in [-0.05, 0) is 28.3 Å². The highest BCUT2D eigenvalue weighted by molar-refractivity contribution is 9.10. The Bertz CT molecular complexity index is 325. The van der Waals surface area contributed by atoms with E-state index >= 15 is 0 Å². The second-order valence-electron chi connectivity index (χ2n) is 4.33. The highest BCUT2D eigenvalue weighted by Crippen LogP contribution is 2.26. The van der Waals surface area contributed by atoms with Gasteiger partial charge in [-0.25, -0.2) is 0 Å². The van der Waals surface area contributed by atoms with Crippen LogP contribution in [0.3, 0.4) is 0 Å². The molecular weight excluding hydrogens is 270 g/mol. The van der Waals surface area contributed by atoms with E-state index in [0.717, 1.165) is 23.1 Å². The number of methoxy groups -OCH3 is 1. The number of ether oxygens (including phenoxy) is 1. The summed E-state index contributed by atoms with van der Waals surface area (Å²) in [6, 6.07) is 0.0220. The zero-order valence-electron chi connectivity index (χ0n) is 10.1. The first-order valence-electron chi connectivity index (χ1n) is 5.52. The maximum absolute atomic E-state index is 6.18. The van der Waals surface area contributed by atoms with Gasteiger partial charge < -0.3 is 10.5 Å². The van der Waals surface area contributed by atoms with Gasteiger partial charge >= 0.3 is 0 Å². The van der Waals surface area contributed by atoms with Crippen LogP contribution in [-0.4, -0.2) is 23.5 Å². The van der Waals surface area contributed by atoms with Crippen LogP contribution >= 0.6 is 15.9 Å². The third-order valence-corrected chi connectivity index (χ3v) is 3.03. The lowest BCUT2D eigenvalue weighted by molar-refractivity contribution is 0.181. The lowest BCUT2D eigenvalue weighted by Gasteiger charge is -2.16. The summed E-state index contributed by atoms with van der Waals surface area (Å²) in [6.07, 6.45) is 2.75. The normalized spacial score (nSPS) is 13.4. The molecule has 0 bridgehead atoms. The van der Waals surface area contributed by atoms with Gasteiger partial charge in [0.1, 0.15) is 0 Å². The van der Waals surface area contributed by atoms with Gasteiger partial charge in [0.25, 0.3) is 0 Å². The first kappa shape index (κ1) is 13.7. The molecule has 1 aromatic rings. The van der Waals surface area contributed by atoms with Crippen LogP contribution in [0.4, 0.5) is 0 Å². The second kappa shape index (κ2) is 6.37. The van der Waals surface area contributed by atoms with Gasteiger partial charge in [-0.15, -0.1) is 0 Å². The maximum Gasteiger partial charge on any atom is 0.0694 e. The molecule has 0 amide bonds. The summed E-state index contributed by atoms with van der Waals surface area (Å²) in [5.74, 6) is 0.577. The van der Waals surface area contributed by atoms with Crippen molar-refractivity contribution in [1.82, 2.24) is 9.78 Å². The minimum absolute atomic E-state index is 0.0220. The number of rotatable bonds is 6. The molecule has 0 aliphatic heterocycles. The van der Waals surface area contributed by atoms with Gasteiger partial charge in [0, 0.05) is 13.2 Å². The highest BCUT2D eigenvalue weighted by atomic mass is 79.9. The quantitative estimate of drug-likeness (QED) is 0.875. The van der Waals surface area contributed by atoms with Gasteiger partial charge in [0.05, 0.1) is 29.5 Å². The second-order valence-corrected chi connectivity index (χ2v) is 5.18. The zero-order valence-corrected chi connectivity index (χ0v) is 11.7. The minimum atomic E-state index is 0.0220. The van der Waals surface area contributed by atoms with Crippen molar-refractivity contribution in [2.75, 3.05) is 13.7 Å². The van der Waals surface area contributed by atoms with Crippen molar-refractivity contribution in [1.29, 1.82) is 0 Å². The van der Waals surface area contributed by atoms with Crippen LogP contribution in [0.25, 0.3) is 0 Å². The van der Waals surface area contributed by atoms with Crippen molar-refractivity contribution in [3.8, 4) is 0 Å². The molecule has 4 nitrogen and oxygen atoms in total. The third-order valence-electron chi connectivity index (χ3n) is 2.42. The summed E-state index contributed by atoms with van der Waals surface area (Å²) in [5, 5.41) is 4.29. The fourth-order valence-corrected chi connectivity index (χ4v) is 2.31.